The summed E-state index contributed by atoms with van der Waals surface area (Å²) >= 11 is 17.4. The Kier molecular flexibility index (Phi) is 16.7. The predicted molar refractivity (Wildman–Crippen MR) is 286 cm³/mol. The van der Waals surface area contributed by atoms with Crippen LogP contribution in [0.15, 0.2) is 126 Å². The van der Waals surface area contributed by atoms with Crippen LogP contribution in [0.4, 0.5) is 21.5 Å². The molecule has 3 aromatic carbocycles. The summed E-state index contributed by atoms with van der Waals surface area (Å²) in [7, 11) is 0. The Hall–Kier alpha value is -11.4. The van der Waals surface area contributed by atoms with E-state index in [-0.39, 0.29) is 71.6 Å². The topological polar surface area (TPSA) is 371 Å². The Balaban J connectivity index is 0.000000160. The van der Waals surface area contributed by atoms with Gasteiger partial charge in [-0.15, -0.1) is 43.4 Å². The van der Waals surface area contributed by atoms with Crippen molar-refractivity contribution in [1.82, 2.24) is 64.9 Å². The predicted octanol–water partition coefficient (Wildman–Crippen LogP) is 5.77. The number of H-pyrrole nitrogens is 1. The molecule has 26 nitrogen and oxygen atoms in total. The molecule has 0 aliphatic heterocycles. The fourth-order valence-electron chi connectivity index (χ4n) is 6.83. The number of nitrogens with one attached hydrogen (secondary N) is 4. The van der Waals surface area contributed by atoms with Gasteiger partial charge in [0, 0.05) is 47.7 Å². The summed E-state index contributed by atoms with van der Waals surface area (Å²) in [4.78, 5) is 94.4. The minimum absolute atomic E-state index is 0.00223. The van der Waals surface area contributed by atoms with Gasteiger partial charge in [0.1, 0.15) is 23.6 Å². The molecule has 0 saturated heterocycles. The number of carbonyl (C=O) groups is 5. The molecule has 7 N–H and O–H groups in total. The number of terminal acetylenes is 2. The first-order chi connectivity index (χ1) is 38.8. The maximum absolute atomic E-state index is 14.2. The van der Waals surface area contributed by atoms with Gasteiger partial charge in [0.25, 0.3) is 23.2 Å². The van der Waals surface area contributed by atoms with Crippen LogP contribution in [-0.4, -0.2) is 110 Å². The molecule has 0 atom stereocenters. The first-order valence-corrected chi connectivity index (χ1v) is 23.4. The van der Waals surface area contributed by atoms with Gasteiger partial charge in [0.05, 0.1) is 55.7 Å². The minimum Gasteiger partial charge on any atom is -0.503 e. The molecule has 10 aromatic rings. The van der Waals surface area contributed by atoms with Gasteiger partial charge in [-0.3, -0.25) is 38.2 Å². The number of carbonyl (C=O) groups excluding carboxylic acids is 3. The minimum atomic E-state index is -1.37. The molecule has 10 rings (SSSR count). The second-order valence-electron chi connectivity index (χ2n) is 15.8. The summed E-state index contributed by atoms with van der Waals surface area (Å²) in [5.74, 6) is -0.947. The van der Waals surface area contributed by atoms with E-state index in [1.165, 1.54) is 55.2 Å². The van der Waals surface area contributed by atoms with Crippen LogP contribution >= 0.6 is 34.8 Å². The molecule has 0 radical (unpaired) electrons. The maximum Gasteiger partial charge on any atom is 0.356 e. The molecule has 0 bridgehead atoms. The molecule has 400 valence electrons. The molecular formula is C51H28Cl3FN16O10. The first-order valence-electron chi connectivity index (χ1n) is 22.2. The number of halogens is 4. The van der Waals surface area contributed by atoms with Crippen molar-refractivity contribution >= 4 is 81.5 Å². The number of carboxylic acid groups (broad SMARTS) is 2. The number of rotatable bonds is 12. The van der Waals surface area contributed by atoms with Crippen molar-refractivity contribution in [2.24, 2.45) is 0 Å². The van der Waals surface area contributed by atoms with E-state index in [2.05, 4.69) is 83.5 Å². The first kappa shape index (κ1) is 55.8. The van der Waals surface area contributed by atoms with Gasteiger partial charge in [0.15, 0.2) is 40.2 Å². The van der Waals surface area contributed by atoms with E-state index in [1.807, 2.05) is 0 Å². The van der Waals surface area contributed by atoms with Gasteiger partial charge < -0.3 is 31.3 Å². The molecule has 0 spiro atoms. The van der Waals surface area contributed by atoms with Crippen LogP contribution in [0.2, 0.25) is 15.2 Å². The average molecular weight is 1150 g/mol. The normalized spacial score (nSPS) is 10.4. The highest BCUT2D eigenvalue weighted by atomic mass is 35.5. The van der Waals surface area contributed by atoms with Crippen molar-refractivity contribution in [1.29, 1.82) is 0 Å². The zero-order valence-electron chi connectivity index (χ0n) is 40.2. The molecule has 3 amide bonds. The van der Waals surface area contributed by atoms with Gasteiger partial charge in [-0.2, -0.15) is 5.10 Å². The van der Waals surface area contributed by atoms with Crippen LogP contribution in [0, 0.1) is 30.5 Å². The third-order valence-corrected chi connectivity index (χ3v) is 11.8. The number of imidazole rings is 2. The third kappa shape index (κ3) is 12.6. The summed E-state index contributed by atoms with van der Waals surface area (Å²) in [5.41, 5.74) is -2.34. The number of benzene rings is 2. The number of aromatic hydroxyl groups is 1. The van der Waals surface area contributed by atoms with Gasteiger partial charge in [-0.05, 0) is 66.7 Å². The Morgan fingerprint density at radius 3 is 1.67 bits per heavy atom. The number of amides is 3. The van der Waals surface area contributed by atoms with Gasteiger partial charge in [-0.25, -0.2) is 28.9 Å². The van der Waals surface area contributed by atoms with Gasteiger partial charge in [-0.1, -0.05) is 46.6 Å². The largest absolute Gasteiger partial charge is 0.503 e. The zero-order valence-corrected chi connectivity index (χ0v) is 42.5. The molecule has 0 fully saturated rings. The number of nitrogens with zero attached hydrogens (tertiary/aromatic N) is 12. The highest BCUT2D eigenvalue weighted by molar-refractivity contribution is 6.41. The van der Waals surface area contributed by atoms with E-state index < -0.39 is 63.3 Å². The maximum atomic E-state index is 14.2. The highest BCUT2D eigenvalue weighted by Crippen LogP contribution is 2.34. The quantitative estimate of drug-likeness (QED) is 0.0433. The molecule has 0 aliphatic rings. The van der Waals surface area contributed by atoms with E-state index in [0.29, 0.717) is 22.9 Å². The van der Waals surface area contributed by atoms with E-state index in [1.54, 1.807) is 58.3 Å². The van der Waals surface area contributed by atoms with E-state index in [9.17, 15) is 48.2 Å². The lowest BCUT2D eigenvalue weighted by Gasteiger charge is -2.14. The van der Waals surface area contributed by atoms with Crippen molar-refractivity contribution in [3.05, 3.63) is 197 Å². The summed E-state index contributed by atoms with van der Waals surface area (Å²) in [6, 6.07) is 14.7. The molecular weight excluding hydrogens is 1120 g/mol. The van der Waals surface area contributed by atoms with Crippen LogP contribution < -0.4 is 26.8 Å². The number of hydrogen-bond donors (Lipinski definition) is 7. The molecule has 0 saturated carbocycles. The number of hydrogen-bond acceptors (Lipinski definition) is 18. The lowest BCUT2D eigenvalue weighted by atomic mass is 9.96. The fraction of sp³-hybridized carbons (Fsp3) is 0. The summed E-state index contributed by atoms with van der Waals surface area (Å²) < 4.78 is 17.4. The number of aromatic carboxylic acids is 2. The number of carboxylic acids is 2. The molecule has 0 unspecified atom stereocenters. The second-order valence-corrected chi connectivity index (χ2v) is 17.0. The number of pyridine rings is 1. The van der Waals surface area contributed by atoms with Crippen molar-refractivity contribution in [3.8, 4) is 64.5 Å². The van der Waals surface area contributed by atoms with Crippen LogP contribution in [-0.2, 0) is 0 Å². The summed E-state index contributed by atoms with van der Waals surface area (Å²) in [5, 5.41) is 65.1. The molecule has 0 aliphatic carbocycles. The SMILES string of the molecule is C#Cc1cc(NC(=O)c2ccc(-c3cn[nH]c3)nn2)c(-c2c(O)c(=O)c2=O)cc1F.C#Cc1cc(NC(=O)c2ccc(-n3ccnc3)nn2)c(C(=O)O)cc1Cl.O=C(Nc1cc(Cl)c(Cl)nc1C(=O)O)c1ccc(-n2ccnc2)nn1. The van der Waals surface area contributed by atoms with E-state index >= 15 is 0 Å². The van der Waals surface area contributed by atoms with Crippen LogP contribution in [0.1, 0.15) is 63.4 Å². The average Bonchev–Trinajstić information content (AvgIpc) is 4.47. The van der Waals surface area contributed by atoms with Crippen molar-refractivity contribution in [3.63, 3.8) is 0 Å². The van der Waals surface area contributed by atoms with Crippen LogP contribution in [0.5, 0.6) is 5.75 Å². The summed E-state index contributed by atoms with van der Waals surface area (Å²) in [6.45, 7) is 0. The monoisotopic (exact) mass is 1150 g/mol. The summed E-state index contributed by atoms with van der Waals surface area (Å²) in [6.07, 6.45) is 23.3. The fourth-order valence-corrected chi connectivity index (χ4v) is 7.34. The molecule has 81 heavy (non-hydrogen) atoms. The zero-order chi connectivity index (χ0) is 58.1. The van der Waals surface area contributed by atoms with Crippen molar-refractivity contribution < 1.29 is 43.7 Å². The van der Waals surface area contributed by atoms with Crippen molar-refractivity contribution in [2.45, 2.75) is 0 Å². The van der Waals surface area contributed by atoms with Gasteiger partial charge in [0.2, 0.25) is 5.43 Å². The Morgan fingerprint density at radius 1 is 0.642 bits per heavy atom. The molecule has 7 heterocycles. The Labute approximate surface area is 466 Å². The second kappa shape index (κ2) is 24.3. The number of anilines is 3. The van der Waals surface area contributed by atoms with E-state index in [0.717, 1.165) is 12.1 Å². The van der Waals surface area contributed by atoms with Gasteiger partial charge >= 0.3 is 11.9 Å². The highest BCUT2D eigenvalue weighted by Gasteiger charge is 2.27. The molecule has 30 heteroatoms. The third-order valence-electron chi connectivity index (χ3n) is 10.8. The number of aromatic nitrogens is 13. The van der Waals surface area contributed by atoms with Crippen LogP contribution in [0.25, 0.3) is 34.0 Å². The molecule has 7 aromatic heterocycles. The van der Waals surface area contributed by atoms with Crippen molar-refractivity contribution in [2.75, 3.05) is 16.0 Å². The Morgan fingerprint density at radius 2 is 1.20 bits per heavy atom. The smallest absolute Gasteiger partial charge is 0.356 e. The van der Waals surface area contributed by atoms with Crippen LogP contribution in [0.3, 0.4) is 0 Å². The number of aromatic amines is 1. The lowest BCUT2D eigenvalue weighted by molar-refractivity contribution is 0.0683. The standard InChI is InChI=1S/C20H10FN5O4.C17H10ClN5O3.C14H8Cl2N6O3/c1-2-9-5-15(11(6-12(9)21)16-17(27)19(29)18(16)28)24-20(30)14-4-3-13(25-26-14)10-7-22-23-8-10;1-2-10-7-14(11(17(25)26)8-12(10)18)20-16(24)13-3-4-15(22-21-13)23-6-5-19-9-23;15-7-5-9(11(14(24)25)19-12(7)16)18-13(23)8-1-2-10(21-20-8)22-4-3-17-6-22/h1,3-8,27H,(H,22,23)(H,24,30);1,3-9H,(H,20,24)(H,25,26);1-6H,(H,18,23)(H,24,25). The lowest BCUT2D eigenvalue weighted by Crippen LogP contribution is -2.32. The van der Waals surface area contributed by atoms with E-state index in [4.69, 9.17) is 52.8 Å². The Bertz CT molecular complexity index is 4220.